The predicted molar refractivity (Wildman–Crippen MR) is 45.8 cm³/mol. The lowest BCUT2D eigenvalue weighted by molar-refractivity contribution is -0.132. The summed E-state index contributed by atoms with van der Waals surface area (Å²) in [6.45, 7) is 1.05. The molecule has 6 nitrogen and oxygen atoms in total. The van der Waals surface area contributed by atoms with Crippen molar-refractivity contribution in [3.05, 3.63) is 0 Å². The number of ether oxygens (including phenoxy) is 1. The molecule has 1 unspecified atom stereocenters. The van der Waals surface area contributed by atoms with Gasteiger partial charge in [0.05, 0.1) is 19.1 Å². The molecule has 1 N–H and O–H groups in total. The molecular weight excluding hydrogens is 188 g/mol. The van der Waals surface area contributed by atoms with Gasteiger partial charge in [-0.05, 0) is 6.42 Å². The van der Waals surface area contributed by atoms with Crippen LogP contribution in [0.25, 0.3) is 0 Å². The van der Waals surface area contributed by atoms with E-state index in [9.17, 15) is 9.59 Å². The van der Waals surface area contributed by atoms with Gasteiger partial charge >= 0.3 is 5.97 Å². The van der Waals surface area contributed by atoms with Gasteiger partial charge in [-0.2, -0.15) is 5.10 Å². The molecule has 0 aromatic rings. The van der Waals surface area contributed by atoms with Crippen molar-refractivity contribution in [1.29, 1.82) is 0 Å². The van der Waals surface area contributed by atoms with E-state index in [0.29, 0.717) is 13.2 Å². The second-order valence-corrected chi connectivity index (χ2v) is 3.28. The molecule has 1 atom stereocenters. The predicted octanol–water partition coefficient (Wildman–Crippen LogP) is -0.552. The third kappa shape index (κ3) is 1.48. The van der Waals surface area contributed by atoms with Crippen LogP contribution < -0.4 is 0 Å². The largest absolute Gasteiger partial charge is 0.477 e. The number of amides is 1. The Labute approximate surface area is 80.1 Å². The van der Waals surface area contributed by atoms with E-state index in [4.69, 9.17) is 9.84 Å². The van der Waals surface area contributed by atoms with Gasteiger partial charge in [-0.3, -0.25) is 4.79 Å². The minimum absolute atomic E-state index is 0.0816. The topological polar surface area (TPSA) is 79.2 Å². The average molecular weight is 198 g/mol. The van der Waals surface area contributed by atoms with Crippen molar-refractivity contribution in [3.63, 3.8) is 0 Å². The van der Waals surface area contributed by atoms with Gasteiger partial charge in [-0.1, -0.05) is 0 Å². The number of hydrogen-bond donors (Lipinski definition) is 1. The van der Waals surface area contributed by atoms with E-state index in [1.807, 2.05) is 0 Å². The summed E-state index contributed by atoms with van der Waals surface area (Å²) in [6.07, 6.45) is 0.619. The Hall–Kier alpha value is -1.43. The molecule has 0 aliphatic carbocycles. The number of carbonyl (C=O) groups is 2. The Balaban J connectivity index is 2.11. The molecule has 1 saturated heterocycles. The van der Waals surface area contributed by atoms with Crippen LogP contribution in [0.1, 0.15) is 12.8 Å². The van der Waals surface area contributed by atoms with E-state index in [2.05, 4.69) is 5.10 Å². The molecule has 0 radical (unpaired) electrons. The molecular formula is C8H10N2O4. The van der Waals surface area contributed by atoms with Crippen LogP contribution in [0.2, 0.25) is 0 Å². The van der Waals surface area contributed by atoms with Crippen LogP contribution in [0, 0.1) is 0 Å². The van der Waals surface area contributed by atoms with Crippen LogP contribution in [0.4, 0.5) is 0 Å². The zero-order valence-electron chi connectivity index (χ0n) is 7.47. The summed E-state index contributed by atoms with van der Waals surface area (Å²) in [7, 11) is 0. The molecule has 6 heteroatoms. The third-order valence-electron chi connectivity index (χ3n) is 2.30. The van der Waals surface area contributed by atoms with Crippen LogP contribution in [-0.4, -0.2) is 47.0 Å². The maximum absolute atomic E-state index is 11.4. The number of aliphatic carboxylic acids is 1. The first kappa shape index (κ1) is 9.14. The highest BCUT2D eigenvalue weighted by Gasteiger charge is 2.34. The number of carboxylic acid groups (broad SMARTS) is 1. The van der Waals surface area contributed by atoms with Gasteiger partial charge in [0.25, 0.3) is 0 Å². The molecule has 0 aromatic carbocycles. The second-order valence-electron chi connectivity index (χ2n) is 3.28. The van der Waals surface area contributed by atoms with Crippen molar-refractivity contribution >= 4 is 17.6 Å². The Morgan fingerprint density at radius 2 is 2.43 bits per heavy atom. The van der Waals surface area contributed by atoms with Crippen molar-refractivity contribution in [3.8, 4) is 0 Å². The number of hydrogen-bond acceptors (Lipinski definition) is 4. The molecule has 2 aliphatic rings. The molecule has 1 fully saturated rings. The van der Waals surface area contributed by atoms with Crippen molar-refractivity contribution in [2.75, 3.05) is 13.2 Å². The van der Waals surface area contributed by atoms with Crippen molar-refractivity contribution < 1.29 is 19.4 Å². The zero-order chi connectivity index (χ0) is 10.1. The molecule has 76 valence electrons. The first-order chi connectivity index (χ1) is 6.68. The Bertz CT molecular complexity index is 306. The smallest absolute Gasteiger partial charge is 0.352 e. The minimum atomic E-state index is -1.13. The normalized spacial score (nSPS) is 26.9. The molecule has 2 heterocycles. The molecule has 0 spiro atoms. The summed E-state index contributed by atoms with van der Waals surface area (Å²) < 4.78 is 5.10. The first-order valence-electron chi connectivity index (χ1n) is 4.39. The van der Waals surface area contributed by atoms with E-state index >= 15 is 0 Å². The van der Waals surface area contributed by atoms with Crippen LogP contribution in [0.3, 0.4) is 0 Å². The summed E-state index contributed by atoms with van der Waals surface area (Å²) in [6, 6.07) is -0.0839. The number of rotatable bonds is 2. The Kier molecular flexibility index (Phi) is 2.20. The lowest BCUT2D eigenvalue weighted by Crippen LogP contribution is -2.33. The summed E-state index contributed by atoms with van der Waals surface area (Å²) in [5, 5.41) is 13.7. The molecule has 1 amide bonds. The molecule has 2 aliphatic heterocycles. The van der Waals surface area contributed by atoms with Gasteiger partial charge < -0.3 is 9.84 Å². The van der Waals surface area contributed by atoms with Crippen LogP contribution in [-0.2, 0) is 14.3 Å². The van der Waals surface area contributed by atoms with E-state index in [0.717, 1.165) is 6.42 Å². The van der Waals surface area contributed by atoms with Crippen LogP contribution in [0.5, 0.6) is 0 Å². The fourth-order valence-corrected chi connectivity index (χ4v) is 1.56. The summed E-state index contributed by atoms with van der Waals surface area (Å²) in [5.74, 6) is -1.38. The molecule has 0 saturated carbocycles. The molecule has 2 rings (SSSR count). The molecule has 14 heavy (non-hydrogen) atoms. The SMILES string of the molecule is O=C(O)C1=NN(C2CCOC2)C(=O)C1. The van der Waals surface area contributed by atoms with Crippen molar-refractivity contribution in [1.82, 2.24) is 5.01 Å². The van der Waals surface area contributed by atoms with E-state index in [-0.39, 0.29) is 24.1 Å². The van der Waals surface area contributed by atoms with Gasteiger partial charge in [-0.25, -0.2) is 9.80 Å². The van der Waals surface area contributed by atoms with Crippen LogP contribution >= 0.6 is 0 Å². The lowest BCUT2D eigenvalue weighted by Gasteiger charge is -2.17. The monoisotopic (exact) mass is 198 g/mol. The Morgan fingerprint density at radius 3 is 2.93 bits per heavy atom. The van der Waals surface area contributed by atoms with Gasteiger partial charge in [0.15, 0.2) is 5.71 Å². The standard InChI is InChI=1S/C8H10N2O4/c11-7-3-6(8(12)13)9-10(7)5-1-2-14-4-5/h5H,1-4H2,(H,12,13). The number of carboxylic acids is 1. The highest BCUT2D eigenvalue weighted by molar-refractivity contribution is 6.40. The third-order valence-corrected chi connectivity index (χ3v) is 2.30. The van der Waals surface area contributed by atoms with E-state index in [1.54, 1.807) is 0 Å². The van der Waals surface area contributed by atoms with E-state index in [1.165, 1.54) is 5.01 Å². The first-order valence-corrected chi connectivity index (χ1v) is 4.39. The fourth-order valence-electron chi connectivity index (χ4n) is 1.56. The van der Waals surface area contributed by atoms with Gasteiger partial charge in [0.1, 0.15) is 0 Å². The highest BCUT2D eigenvalue weighted by Crippen LogP contribution is 2.18. The highest BCUT2D eigenvalue weighted by atomic mass is 16.5. The summed E-state index contributed by atoms with van der Waals surface area (Å²) >= 11 is 0. The fraction of sp³-hybridized carbons (Fsp3) is 0.625. The van der Waals surface area contributed by atoms with Gasteiger partial charge in [0, 0.05) is 6.61 Å². The zero-order valence-corrected chi connectivity index (χ0v) is 7.47. The van der Waals surface area contributed by atoms with Crippen molar-refractivity contribution in [2.45, 2.75) is 18.9 Å². The molecule has 0 aromatic heterocycles. The van der Waals surface area contributed by atoms with Crippen LogP contribution in [0.15, 0.2) is 5.10 Å². The number of carbonyl (C=O) groups excluding carboxylic acids is 1. The second kappa shape index (κ2) is 3.38. The average Bonchev–Trinajstić information content (AvgIpc) is 2.71. The number of nitrogens with zero attached hydrogens (tertiary/aromatic N) is 2. The van der Waals surface area contributed by atoms with E-state index < -0.39 is 5.97 Å². The van der Waals surface area contributed by atoms with Gasteiger partial charge in [0.2, 0.25) is 5.91 Å². The Morgan fingerprint density at radius 1 is 1.64 bits per heavy atom. The number of hydrazone groups is 1. The maximum atomic E-state index is 11.4. The van der Waals surface area contributed by atoms with Crippen molar-refractivity contribution in [2.24, 2.45) is 5.10 Å². The lowest BCUT2D eigenvalue weighted by atomic mass is 10.2. The summed E-state index contributed by atoms with van der Waals surface area (Å²) in [5.41, 5.74) is -0.0816. The minimum Gasteiger partial charge on any atom is -0.477 e. The maximum Gasteiger partial charge on any atom is 0.352 e. The van der Waals surface area contributed by atoms with Gasteiger partial charge in [-0.15, -0.1) is 0 Å². The molecule has 0 bridgehead atoms. The summed E-state index contributed by atoms with van der Waals surface area (Å²) in [4.78, 5) is 21.9. The quantitative estimate of drug-likeness (QED) is 0.645.